The predicted molar refractivity (Wildman–Crippen MR) is 60.8 cm³/mol. The number of carbonyl (C=O) groups is 1. The molecule has 0 saturated carbocycles. The van der Waals surface area contributed by atoms with Crippen LogP contribution in [0.2, 0.25) is 0 Å². The molecule has 82 valence electrons. The Balaban J connectivity index is 2.58. The number of nitrogen functional groups attached to an aromatic ring is 1. The molecule has 1 unspecified atom stereocenters. The molecule has 15 heavy (non-hydrogen) atoms. The van der Waals surface area contributed by atoms with Crippen molar-refractivity contribution in [2.24, 2.45) is 0 Å². The van der Waals surface area contributed by atoms with Crippen molar-refractivity contribution in [1.29, 1.82) is 0 Å². The van der Waals surface area contributed by atoms with E-state index in [2.05, 4.69) is 5.32 Å². The minimum Gasteiger partial charge on any atom is -0.399 e. The highest BCUT2D eigenvalue weighted by Crippen LogP contribution is 2.11. The molecule has 0 bridgehead atoms. The Bertz CT molecular complexity index is 379. The first-order valence-corrected chi connectivity index (χ1v) is 5.90. The molecule has 0 radical (unpaired) electrons. The Morgan fingerprint density at radius 1 is 1.53 bits per heavy atom. The molecule has 0 aliphatic heterocycles. The van der Waals surface area contributed by atoms with Crippen molar-refractivity contribution in [3.63, 3.8) is 0 Å². The summed E-state index contributed by atoms with van der Waals surface area (Å²) in [5, 5.41) is 2.49. The van der Waals surface area contributed by atoms with Crippen LogP contribution in [0.1, 0.15) is 6.42 Å². The smallest absolute Gasteiger partial charge is 0.220 e. The molecule has 0 spiro atoms. The zero-order valence-electron chi connectivity index (χ0n) is 8.53. The van der Waals surface area contributed by atoms with Crippen LogP contribution in [0.3, 0.4) is 0 Å². The third kappa shape index (κ3) is 3.71. The third-order valence-electron chi connectivity index (χ3n) is 1.91. The number of amides is 1. The van der Waals surface area contributed by atoms with Gasteiger partial charge in [0.05, 0.1) is 10.8 Å². The molecule has 1 aromatic carbocycles. The minimum atomic E-state index is -1.16. The Labute approximate surface area is 91.3 Å². The van der Waals surface area contributed by atoms with Gasteiger partial charge < -0.3 is 11.1 Å². The Morgan fingerprint density at radius 2 is 2.27 bits per heavy atom. The summed E-state index contributed by atoms with van der Waals surface area (Å²) in [4.78, 5) is 11.6. The highest BCUT2D eigenvalue weighted by atomic mass is 32.2. The van der Waals surface area contributed by atoms with Gasteiger partial charge in [-0.15, -0.1) is 0 Å². The van der Waals surface area contributed by atoms with Gasteiger partial charge in [-0.2, -0.15) is 0 Å². The molecule has 0 aliphatic rings. The van der Waals surface area contributed by atoms with Crippen LogP contribution in [-0.2, 0) is 15.6 Å². The number of benzene rings is 1. The molecule has 5 heteroatoms. The zero-order chi connectivity index (χ0) is 11.3. The van der Waals surface area contributed by atoms with Gasteiger partial charge in [0, 0.05) is 29.8 Å². The van der Waals surface area contributed by atoms with E-state index < -0.39 is 10.8 Å². The van der Waals surface area contributed by atoms with Gasteiger partial charge in [0.2, 0.25) is 5.91 Å². The van der Waals surface area contributed by atoms with Crippen molar-refractivity contribution in [3.8, 4) is 0 Å². The maximum absolute atomic E-state index is 11.7. The minimum absolute atomic E-state index is 0.104. The van der Waals surface area contributed by atoms with Crippen molar-refractivity contribution in [3.05, 3.63) is 24.3 Å². The normalized spacial score (nSPS) is 12.1. The molecule has 0 heterocycles. The molecule has 1 rings (SSSR count). The summed E-state index contributed by atoms with van der Waals surface area (Å²) in [6, 6.07) is 6.90. The molecule has 0 aliphatic carbocycles. The van der Waals surface area contributed by atoms with Crippen LogP contribution in [0.4, 0.5) is 5.69 Å². The van der Waals surface area contributed by atoms with E-state index >= 15 is 0 Å². The van der Waals surface area contributed by atoms with E-state index in [-0.39, 0.29) is 12.3 Å². The first-order valence-electron chi connectivity index (χ1n) is 4.58. The molecule has 0 saturated heterocycles. The van der Waals surface area contributed by atoms with Crippen molar-refractivity contribution >= 4 is 22.4 Å². The topological polar surface area (TPSA) is 72.2 Å². The summed E-state index contributed by atoms with van der Waals surface area (Å²) in [6.07, 6.45) is 0.262. The second-order valence-electron chi connectivity index (χ2n) is 3.05. The monoisotopic (exact) mass is 226 g/mol. The standard InChI is InChI=1S/C10H14N2O2S/c1-12-10(13)5-6-15(14)9-4-2-3-8(11)7-9/h2-4,7H,5-6,11H2,1H3,(H,12,13). The van der Waals surface area contributed by atoms with Gasteiger partial charge in [-0.25, -0.2) is 0 Å². The van der Waals surface area contributed by atoms with Crippen LogP contribution >= 0.6 is 0 Å². The predicted octanol–water partition coefficient (Wildman–Crippen LogP) is 0.512. The molecule has 1 aromatic rings. The lowest BCUT2D eigenvalue weighted by atomic mass is 10.3. The van der Waals surface area contributed by atoms with Crippen molar-refractivity contribution < 1.29 is 9.00 Å². The zero-order valence-corrected chi connectivity index (χ0v) is 9.34. The molecule has 1 amide bonds. The van der Waals surface area contributed by atoms with Gasteiger partial charge >= 0.3 is 0 Å². The number of hydrogen-bond donors (Lipinski definition) is 2. The highest BCUT2D eigenvalue weighted by Gasteiger charge is 2.06. The fraction of sp³-hybridized carbons (Fsp3) is 0.300. The molecule has 1 atom stereocenters. The lowest BCUT2D eigenvalue weighted by molar-refractivity contribution is -0.120. The largest absolute Gasteiger partial charge is 0.399 e. The van der Waals surface area contributed by atoms with Crippen LogP contribution < -0.4 is 11.1 Å². The summed E-state index contributed by atoms with van der Waals surface area (Å²) in [5.41, 5.74) is 6.15. The second kappa shape index (κ2) is 5.50. The number of nitrogens with one attached hydrogen (secondary N) is 1. The second-order valence-corrected chi connectivity index (χ2v) is 4.62. The van der Waals surface area contributed by atoms with E-state index in [1.165, 1.54) is 0 Å². The quantitative estimate of drug-likeness (QED) is 0.735. The van der Waals surface area contributed by atoms with Gasteiger partial charge in [0.1, 0.15) is 0 Å². The Morgan fingerprint density at radius 3 is 2.87 bits per heavy atom. The molecule has 4 nitrogen and oxygen atoms in total. The van der Waals surface area contributed by atoms with Crippen molar-refractivity contribution in [1.82, 2.24) is 5.32 Å². The van der Waals surface area contributed by atoms with E-state index in [9.17, 15) is 9.00 Å². The molecular formula is C10H14N2O2S. The van der Waals surface area contributed by atoms with Gasteiger partial charge in [-0.05, 0) is 18.2 Å². The van der Waals surface area contributed by atoms with Crippen LogP contribution in [0.5, 0.6) is 0 Å². The molecule has 3 N–H and O–H groups in total. The van der Waals surface area contributed by atoms with E-state index in [0.717, 1.165) is 0 Å². The summed E-state index contributed by atoms with van der Waals surface area (Å²) in [5.74, 6) is 0.218. The number of carbonyl (C=O) groups excluding carboxylic acids is 1. The summed E-state index contributed by atoms with van der Waals surface area (Å²) < 4.78 is 11.7. The maximum Gasteiger partial charge on any atom is 0.220 e. The lowest BCUT2D eigenvalue weighted by Crippen LogP contribution is -2.19. The molecule has 0 fully saturated rings. The van der Waals surface area contributed by atoms with Gasteiger partial charge in [-0.1, -0.05) is 6.07 Å². The number of nitrogens with two attached hydrogens (primary N) is 1. The summed E-state index contributed by atoms with van der Waals surface area (Å²) >= 11 is 0. The third-order valence-corrected chi connectivity index (χ3v) is 3.27. The molecular weight excluding hydrogens is 212 g/mol. The van der Waals surface area contributed by atoms with Gasteiger partial charge in [-0.3, -0.25) is 9.00 Å². The summed E-state index contributed by atoms with van der Waals surface area (Å²) in [6.45, 7) is 0. The molecule has 0 aromatic heterocycles. The average molecular weight is 226 g/mol. The lowest BCUT2D eigenvalue weighted by Gasteiger charge is -2.02. The highest BCUT2D eigenvalue weighted by molar-refractivity contribution is 7.85. The van der Waals surface area contributed by atoms with Gasteiger partial charge in [0.15, 0.2) is 0 Å². The van der Waals surface area contributed by atoms with Crippen LogP contribution in [0.25, 0.3) is 0 Å². The van der Waals surface area contributed by atoms with Crippen molar-refractivity contribution in [2.75, 3.05) is 18.5 Å². The fourth-order valence-corrected chi connectivity index (χ4v) is 2.19. The van der Waals surface area contributed by atoms with Crippen LogP contribution in [0, 0.1) is 0 Å². The number of rotatable bonds is 4. The van der Waals surface area contributed by atoms with E-state index in [0.29, 0.717) is 16.3 Å². The summed E-state index contributed by atoms with van der Waals surface area (Å²) in [7, 11) is 0.405. The van der Waals surface area contributed by atoms with Crippen molar-refractivity contribution in [2.45, 2.75) is 11.3 Å². The first kappa shape index (κ1) is 11.7. The van der Waals surface area contributed by atoms with Gasteiger partial charge in [0.25, 0.3) is 0 Å². The fourth-order valence-electron chi connectivity index (χ4n) is 1.08. The SMILES string of the molecule is CNC(=O)CCS(=O)c1cccc(N)c1. The van der Waals surface area contributed by atoms with Crippen LogP contribution in [-0.4, -0.2) is 22.9 Å². The van der Waals surface area contributed by atoms with E-state index in [1.807, 2.05) is 0 Å². The number of hydrogen-bond acceptors (Lipinski definition) is 3. The Hall–Kier alpha value is -1.36. The van der Waals surface area contributed by atoms with E-state index in [4.69, 9.17) is 5.73 Å². The maximum atomic E-state index is 11.7. The number of anilines is 1. The van der Waals surface area contributed by atoms with E-state index in [1.54, 1.807) is 31.3 Å². The first-order chi connectivity index (χ1) is 7.13. The van der Waals surface area contributed by atoms with Crippen LogP contribution in [0.15, 0.2) is 29.2 Å². The Kier molecular flexibility index (Phi) is 4.30. The average Bonchev–Trinajstić information content (AvgIpc) is 2.25.